The van der Waals surface area contributed by atoms with E-state index in [1.165, 1.54) is 17.4 Å². The number of aromatic nitrogens is 1. The highest BCUT2D eigenvalue weighted by atomic mass is 32.1. The minimum atomic E-state index is -0.938. The lowest BCUT2D eigenvalue weighted by Crippen LogP contribution is -2.12. The van der Waals surface area contributed by atoms with Gasteiger partial charge in [0.1, 0.15) is 0 Å². The minimum Gasteiger partial charge on any atom is -0.326 e. The number of thiazole rings is 1. The van der Waals surface area contributed by atoms with Gasteiger partial charge in [-0.25, -0.2) is 4.98 Å². The number of carbonyl (C=O) groups excluding carboxylic acids is 1. The van der Waals surface area contributed by atoms with Gasteiger partial charge in [-0.3, -0.25) is 14.9 Å². The number of hydrogen-bond donors (Lipinski definition) is 1. The number of halogens is 1. The second-order valence-corrected chi connectivity index (χ2v) is 6.16. The first-order chi connectivity index (χ1) is 11.5. The third-order valence-corrected chi connectivity index (χ3v) is 4.43. The lowest BCUT2D eigenvalue weighted by Gasteiger charge is -2.04. The number of benzene rings is 2. The molecule has 0 saturated carbocycles. The molecule has 122 valence electrons. The molecule has 1 N–H and O–H groups in total. The highest BCUT2D eigenvalue weighted by molar-refractivity contribution is 7.18. The predicted octanol–water partition coefficient (Wildman–Crippen LogP) is 3.91. The van der Waals surface area contributed by atoms with E-state index in [1.54, 1.807) is 0 Å². The van der Waals surface area contributed by atoms with Crippen molar-refractivity contribution in [3.05, 3.63) is 63.4 Å². The quantitative estimate of drug-likeness (QED) is 0.561. The zero-order valence-electron chi connectivity index (χ0n) is 12.4. The normalized spacial score (nSPS) is 10.7. The van der Waals surface area contributed by atoms with Crippen LogP contribution in [0.1, 0.15) is 11.4 Å². The second kappa shape index (κ2) is 6.71. The first-order valence-electron chi connectivity index (χ1n) is 7.11. The third-order valence-electron chi connectivity index (χ3n) is 3.33. The number of nitro groups is 1. The van der Waals surface area contributed by atoms with Gasteiger partial charge >= 0.3 is 5.69 Å². The third kappa shape index (κ3) is 3.54. The highest BCUT2D eigenvalue weighted by Gasteiger charge is 2.15. The van der Waals surface area contributed by atoms with E-state index in [9.17, 15) is 19.3 Å². The van der Waals surface area contributed by atoms with Crippen molar-refractivity contribution in [3.63, 3.8) is 0 Å². The number of rotatable bonds is 5. The van der Waals surface area contributed by atoms with Crippen molar-refractivity contribution >= 4 is 38.8 Å². The molecule has 0 spiro atoms. The number of nitrogens with zero attached hydrogens (tertiary/aromatic N) is 2. The fourth-order valence-electron chi connectivity index (χ4n) is 2.20. The van der Waals surface area contributed by atoms with Crippen molar-refractivity contribution in [2.24, 2.45) is 0 Å². The molecule has 0 aliphatic heterocycles. The number of para-hydroxylation sites is 1. The number of fused-ring (bicyclic) bond motifs is 1. The molecule has 1 amide bonds. The molecular weight excluding hydrogens is 333 g/mol. The molecular formula is C16H12FN3O3S. The number of aryl methyl sites for hydroxylation is 1. The highest BCUT2D eigenvalue weighted by Crippen LogP contribution is 2.24. The van der Waals surface area contributed by atoms with Gasteiger partial charge in [0.2, 0.25) is 11.7 Å². The van der Waals surface area contributed by atoms with Gasteiger partial charge < -0.3 is 5.32 Å². The van der Waals surface area contributed by atoms with E-state index in [1.807, 2.05) is 24.3 Å². The molecule has 1 aromatic heterocycles. The Balaban J connectivity index is 1.63. The molecule has 0 radical (unpaired) electrons. The molecule has 0 bridgehead atoms. The van der Waals surface area contributed by atoms with Crippen LogP contribution in [-0.4, -0.2) is 15.8 Å². The first-order valence-corrected chi connectivity index (χ1v) is 7.93. The topological polar surface area (TPSA) is 85.1 Å². The molecule has 0 fully saturated rings. The molecule has 2 aromatic carbocycles. The Hall–Kier alpha value is -2.87. The number of anilines is 1. The van der Waals surface area contributed by atoms with Crippen LogP contribution in [0.2, 0.25) is 0 Å². The van der Waals surface area contributed by atoms with Crippen molar-refractivity contribution in [1.82, 2.24) is 4.98 Å². The summed E-state index contributed by atoms with van der Waals surface area (Å²) in [6, 6.07) is 11.0. The lowest BCUT2D eigenvalue weighted by molar-refractivity contribution is -0.387. The van der Waals surface area contributed by atoms with Crippen LogP contribution < -0.4 is 5.32 Å². The number of hydrogen-bond acceptors (Lipinski definition) is 5. The second-order valence-electron chi connectivity index (χ2n) is 5.05. The summed E-state index contributed by atoms with van der Waals surface area (Å²) in [6.07, 6.45) is 0.652. The van der Waals surface area contributed by atoms with E-state index in [4.69, 9.17) is 0 Å². The molecule has 1 heterocycles. The summed E-state index contributed by atoms with van der Waals surface area (Å²) in [5.41, 5.74) is 0.420. The van der Waals surface area contributed by atoms with Crippen LogP contribution in [0.15, 0.2) is 42.5 Å². The maximum absolute atomic E-state index is 13.3. The lowest BCUT2D eigenvalue weighted by atomic mass is 10.2. The Bertz CT molecular complexity index is 893. The van der Waals surface area contributed by atoms with E-state index in [0.717, 1.165) is 27.4 Å². The molecule has 0 unspecified atom stereocenters. The van der Waals surface area contributed by atoms with Crippen LogP contribution in [-0.2, 0) is 11.2 Å². The molecule has 0 aliphatic carbocycles. The summed E-state index contributed by atoms with van der Waals surface area (Å²) in [6.45, 7) is 0. The van der Waals surface area contributed by atoms with Gasteiger partial charge in [-0.15, -0.1) is 11.3 Å². The van der Waals surface area contributed by atoms with Gasteiger partial charge in [0.25, 0.3) is 0 Å². The van der Waals surface area contributed by atoms with Gasteiger partial charge in [0, 0.05) is 24.6 Å². The summed E-state index contributed by atoms with van der Waals surface area (Å²) in [5, 5.41) is 14.1. The fraction of sp³-hybridized carbons (Fsp3) is 0.125. The molecule has 0 saturated heterocycles. The zero-order chi connectivity index (χ0) is 17.1. The van der Waals surface area contributed by atoms with Gasteiger partial charge in [0.15, 0.2) is 0 Å². The average Bonchev–Trinajstić information content (AvgIpc) is 2.97. The smallest absolute Gasteiger partial charge is 0.306 e. The van der Waals surface area contributed by atoms with Crippen molar-refractivity contribution in [2.45, 2.75) is 12.8 Å². The van der Waals surface area contributed by atoms with Crippen molar-refractivity contribution < 1.29 is 14.1 Å². The van der Waals surface area contributed by atoms with E-state index < -0.39 is 16.4 Å². The van der Waals surface area contributed by atoms with Crippen LogP contribution >= 0.6 is 11.3 Å². The fourth-order valence-corrected chi connectivity index (χ4v) is 3.17. The Kier molecular flexibility index (Phi) is 4.48. The first kappa shape index (κ1) is 16.0. The predicted molar refractivity (Wildman–Crippen MR) is 89.6 cm³/mol. The largest absolute Gasteiger partial charge is 0.326 e. The number of nitrogens with one attached hydrogen (secondary N) is 1. The zero-order valence-corrected chi connectivity index (χ0v) is 13.2. The summed E-state index contributed by atoms with van der Waals surface area (Å²) < 4.78 is 14.3. The van der Waals surface area contributed by atoms with Gasteiger partial charge in [-0.1, -0.05) is 12.1 Å². The molecule has 8 heteroatoms. The Labute approximate surface area is 140 Å². The van der Waals surface area contributed by atoms with Crippen molar-refractivity contribution in [1.29, 1.82) is 0 Å². The van der Waals surface area contributed by atoms with Crippen LogP contribution in [0, 0.1) is 15.9 Å². The van der Waals surface area contributed by atoms with Gasteiger partial charge in [-0.05, 0) is 24.3 Å². The average molecular weight is 345 g/mol. The molecule has 6 nitrogen and oxygen atoms in total. The standard InChI is InChI=1S/C16H12FN3O3S/c17-11-6-5-10(9-13(11)20(22)23)18-15(21)7-8-16-19-12-3-1-2-4-14(12)24-16/h1-6,9H,7-8H2,(H,18,21). The molecule has 24 heavy (non-hydrogen) atoms. The van der Waals surface area contributed by atoms with Gasteiger partial charge in [-0.2, -0.15) is 4.39 Å². The Morgan fingerprint density at radius 1 is 1.29 bits per heavy atom. The summed E-state index contributed by atoms with van der Waals surface area (Å²) >= 11 is 1.52. The number of nitro benzene ring substituents is 1. The van der Waals surface area contributed by atoms with E-state index in [-0.39, 0.29) is 18.0 Å². The maximum atomic E-state index is 13.3. The summed E-state index contributed by atoms with van der Waals surface area (Å²) in [7, 11) is 0. The van der Waals surface area contributed by atoms with Crippen molar-refractivity contribution in [3.8, 4) is 0 Å². The molecule has 0 aliphatic rings. The van der Waals surface area contributed by atoms with Crippen LogP contribution in [0.25, 0.3) is 10.2 Å². The van der Waals surface area contributed by atoms with E-state index >= 15 is 0 Å². The van der Waals surface area contributed by atoms with Crippen molar-refractivity contribution in [2.75, 3.05) is 5.32 Å². The Morgan fingerprint density at radius 2 is 2.08 bits per heavy atom. The summed E-state index contributed by atoms with van der Waals surface area (Å²) in [4.78, 5) is 26.3. The molecule has 3 rings (SSSR count). The minimum absolute atomic E-state index is 0.186. The molecule has 0 atom stereocenters. The summed E-state index contributed by atoms with van der Waals surface area (Å²) in [5.74, 6) is -1.25. The van der Waals surface area contributed by atoms with E-state index in [2.05, 4.69) is 10.3 Å². The maximum Gasteiger partial charge on any atom is 0.306 e. The number of carbonyl (C=O) groups is 1. The SMILES string of the molecule is O=C(CCc1nc2ccccc2s1)Nc1ccc(F)c([N+](=O)[O-])c1. The van der Waals surface area contributed by atoms with Crippen LogP contribution in [0.5, 0.6) is 0 Å². The number of amides is 1. The van der Waals surface area contributed by atoms with Crippen LogP contribution in [0.4, 0.5) is 15.8 Å². The molecule has 3 aromatic rings. The monoisotopic (exact) mass is 345 g/mol. The van der Waals surface area contributed by atoms with Crippen LogP contribution in [0.3, 0.4) is 0 Å². The van der Waals surface area contributed by atoms with E-state index in [0.29, 0.717) is 6.42 Å². The van der Waals surface area contributed by atoms with Gasteiger partial charge in [0.05, 0.1) is 20.1 Å². The Morgan fingerprint density at radius 3 is 2.83 bits per heavy atom.